The van der Waals surface area contributed by atoms with Crippen LogP contribution in [0.4, 0.5) is 0 Å². The summed E-state index contributed by atoms with van der Waals surface area (Å²) in [4.78, 5) is 13.7. The predicted molar refractivity (Wildman–Crippen MR) is 304 cm³/mol. The maximum absolute atomic E-state index is 11.9. The highest BCUT2D eigenvalue weighted by Crippen LogP contribution is 2.49. The largest absolute Gasteiger partial charge is 0.507 e. The van der Waals surface area contributed by atoms with Crippen molar-refractivity contribution in [2.75, 3.05) is 28.2 Å². The van der Waals surface area contributed by atoms with Gasteiger partial charge in [0.05, 0.1) is 24.8 Å². The molecule has 10 rings (SSSR count). The molecule has 0 heterocycles. The summed E-state index contributed by atoms with van der Waals surface area (Å²) in [6, 6.07) is 62.1. The molecule has 0 aliphatic heterocycles. The number of fused-ring (bicyclic) bond motifs is 4. The number of rotatable bonds is 8. The molecule has 70 heavy (non-hydrogen) atoms. The van der Waals surface area contributed by atoms with Gasteiger partial charge in [-0.3, -0.25) is 9.98 Å². The summed E-state index contributed by atoms with van der Waals surface area (Å²) in [5, 5.41) is 32.3. The molecule has 10 aromatic carbocycles. The molecule has 0 aliphatic carbocycles. The fourth-order valence-corrected chi connectivity index (χ4v) is 9.84. The van der Waals surface area contributed by atoms with E-state index in [0.717, 1.165) is 119 Å². The van der Waals surface area contributed by atoms with Gasteiger partial charge in [-0.1, -0.05) is 177 Å². The second kappa shape index (κ2) is 20.8. The van der Waals surface area contributed by atoms with E-state index in [9.17, 15) is 10.2 Å². The van der Waals surface area contributed by atoms with E-state index in [2.05, 4.69) is 141 Å². The lowest BCUT2D eigenvalue weighted by molar-refractivity contribution is 0.479. The number of phenols is 2. The van der Waals surface area contributed by atoms with Crippen LogP contribution in [0.2, 0.25) is 0 Å². The first-order valence-electron chi connectivity index (χ1n) is 23.3. The van der Waals surface area contributed by atoms with Crippen LogP contribution in [0, 0.1) is 0 Å². The number of nitrogens with zero attached hydrogens (tertiary/aromatic N) is 4. The molecule has 6 nitrogen and oxygen atoms in total. The predicted octanol–water partition coefficient (Wildman–Crippen LogP) is 16.6. The second-order valence-electron chi connectivity index (χ2n) is 17.9. The molecule has 2 N–H and O–H groups in total. The van der Waals surface area contributed by atoms with Gasteiger partial charge in [0.15, 0.2) is 0 Å². The normalized spacial score (nSPS) is 11.8. The average Bonchev–Trinajstić information content (AvgIpc) is 3.37. The lowest BCUT2D eigenvalue weighted by atomic mass is 9.86. The van der Waals surface area contributed by atoms with Gasteiger partial charge in [0.1, 0.15) is 11.5 Å². The molecule has 348 valence electrons. The van der Waals surface area contributed by atoms with Crippen LogP contribution in [0.5, 0.6) is 11.5 Å². The SMILES string of the molecule is CC(=NCc1ccc2ccccc2c1-c1c(O)c(-c2ccccc2)cc2cc(Br)ccc12)N(C)C.CC(=NCc1ccc2ccccc2c1-c1c(O)c(-c2ccccc2)cc2cc(Br)ccc12)N(C)C. The van der Waals surface area contributed by atoms with Crippen LogP contribution in [0.1, 0.15) is 25.0 Å². The summed E-state index contributed by atoms with van der Waals surface area (Å²) in [7, 11) is 8.00. The van der Waals surface area contributed by atoms with E-state index in [-0.39, 0.29) is 11.5 Å². The zero-order valence-corrected chi connectivity index (χ0v) is 43.3. The summed E-state index contributed by atoms with van der Waals surface area (Å²) in [6.45, 7) is 5.08. The first kappa shape index (κ1) is 47.8. The quantitative estimate of drug-likeness (QED) is 0.117. The summed E-state index contributed by atoms with van der Waals surface area (Å²) in [6.07, 6.45) is 0. The number of halogens is 2. The van der Waals surface area contributed by atoms with Gasteiger partial charge >= 0.3 is 0 Å². The van der Waals surface area contributed by atoms with E-state index in [1.807, 2.05) is 125 Å². The zero-order chi connectivity index (χ0) is 49.1. The number of aliphatic imine (C=N–C) groups is 2. The Balaban J connectivity index is 0.000000174. The number of hydrogen-bond donors (Lipinski definition) is 2. The van der Waals surface area contributed by atoms with Gasteiger partial charge in [-0.25, -0.2) is 0 Å². The molecule has 0 amide bonds. The van der Waals surface area contributed by atoms with Crippen molar-refractivity contribution in [1.29, 1.82) is 0 Å². The Morgan fingerprint density at radius 1 is 0.400 bits per heavy atom. The van der Waals surface area contributed by atoms with Crippen molar-refractivity contribution in [2.24, 2.45) is 9.98 Å². The van der Waals surface area contributed by atoms with Gasteiger partial charge in [-0.15, -0.1) is 0 Å². The first-order chi connectivity index (χ1) is 33.9. The van der Waals surface area contributed by atoms with E-state index < -0.39 is 0 Å². The highest BCUT2D eigenvalue weighted by Gasteiger charge is 2.23. The average molecular weight is 1050 g/mol. The number of benzene rings is 10. The Morgan fingerprint density at radius 3 is 1.14 bits per heavy atom. The van der Waals surface area contributed by atoms with Crippen molar-refractivity contribution in [2.45, 2.75) is 26.9 Å². The Bertz CT molecular complexity index is 3380. The third kappa shape index (κ3) is 9.80. The van der Waals surface area contributed by atoms with Gasteiger partial charge in [0.25, 0.3) is 0 Å². The van der Waals surface area contributed by atoms with E-state index >= 15 is 0 Å². The molecule has 0 aromatic heterocycles. The highest BCUT2D eigenvalue weighted by molar-refractivity contribution is 9.10. The summed E-state index contributed by atoms with van der Waals surface area (Å²) in [5.41, 5.74) is 9.51. The number of hydrogen-bond acceptors (Lipinski definition) is 4. The zero-order valence-electron chi connectivity index (χ0n) is 40.2. The van der Waals surface area contributed by atoms with E-state index in [1.54, 1.807) is 0 Å². The van der Waals surface area contributed by atoms with Crippen LogP contribution in [0.3, 0.4) is 0 Å². The van der Waals surface area contributed by atoms with Gasteiger partial charge < -0.3 is 20.0 Å². The number of aromatic hydroxyl groups is 2. The summed E-state index contributed by atoms with van der Waals surface area (Å²) >= 11 is 7.27. The molecular weight excluding hydrogens is 993 g/mol. The fourth-order valence-electron chi connectivity index (χ4n) is 9.08. The fraction of sp³-hybridized carbons (Fsp3) is 0.129. The van der Waals surface area contributed by atoms with E-state index in [1.165, 1.54) is 0 Å². The molecule has 0 bridgehead atoms. The molecule has 0 saturated carbocycles. The van der Waals surface area contributed by atoms with Crippen molar-refractivity contribution < 1.29 is 10.2 Å². The molecule has 0 radical (unpaired) electrons. The monoisotopic (exact) mass is 1040 g/mol. The van der Waals surface area contributed by atoms with Crippen LogP contribution in [-0.2, 0) is 13.1 Å². The Labute approximate surface area is 427 Å². The minimum absolute atomic E-state index is 0.289. The minimum Gasteiger partial charge on any atom is -0.507 e. The molecule has 8 heteroatoms. The molecule has 0 atom stereocenters. The summed E-state index contributed by atoms with van der Waals surface area (Å²) < 4.78 is 2.01. The second-order valence-corrected chi connectivity index (χ2v) is 19.7. The van der Waals surface area contributed by atoms with Crippen molar-refractivity contribution in [3.63, 3.8) is 0 Å². The van der Waals surface area contributed by atoms with E-state index in [0.29, 0.717) is 13.1 Å². The lowest BCUT2D eigenvalue weighted by Crippen LogP contribution is -2.18. The minimum atomic E-state index is 0.289. The van der Waals surface area contributed by atoms with Crippen LogP contribution < -0.4 is 0 Å². The lowest BCUT2D eigenvalue weighted by Gasteiger charge is -2.19. The topological polar surface area (TPSA) is 71.7 Å². The molecule has 0 unspecified atom stereocenters. The van der Waals surface area contributed by atoms with Gasteiger partial charge in [0.2, 0.25) is 0 Å². The number of amidine groups is 2. The van der Waals surface area contributed by atoms with Crippen molar-refractivity contribution in [1.82, 2.24) is 9.80 Å². The van der Waals surface area contributed by atoms with Crippen molar-refractivity contribution in [3.05, 3.63) is 202 Å². The van der Waals surface area contributed by atoms with Gasteiger partial charge in [-0.2, -0.15) is 0 Å². The molecule has 0 fully saturated rings. The Hall–Kier alpha value is -7.26. The molecule has 0 aliphatic rings. The molecule has 10 aromatic rings. The Kier molecular flexibility index (Phi) is 14.2. The van der Waals surface area contributed by atoms with Crippen molar-refractivity contribution in [3.8, 4) is 56.0 Å². The van der Waals surface area contributed by atoms with Crippen LogP contribution in [0.25, 0.3) is 87.6 Å². The van der Waals surface area contributed by atoms with Crippen LogP contribution in [0.15, 0.2) is 201 Å². The third-order valence-electron chi connectivity index (χ3n) is 13.1. The maximum atomic E-state index is 11.9. The molecular formula is C62H54Br2N4O2. The Morgan fingerprint density at radius 2 is 0.757 bits per heavy atom. The standard InChI is InChI=1S/2C31H27BrN2O/c2*1-20(34(2)3)33-19-23-14-13-22-11-7-8-12-26(22)29(23)30-27-16-15-25(32)17-24(27)18-28(31(30)35)21-9-5-4-6-10-21/h2*4-18,35H,19H2,1-3H3. The number of phenolic OH excluding ortho intramolecular Hbond substituents is 2. The third-order valence-corrected chi connectivity index (χ3v) is 14.1. The highest BCUT2D eigenvalue weighted by atomic mass is 79.9. The smallest absolute Gasteiger partial charge is 0.131 e. The van der Waals surface area contributed by atoms with Crippen LogP contribution >= 0.6 is 31.9 Å². The van der Waals surface area contributed by atoms with Gasteiger partial charge in [-0.05, 0) is 127 Å². The first-order valence-corrected chi connectivity index (χ1v) is 24.9. The van der Waals surface area contributed by atoms with E-state index in [4.69, 9.17) is 9.98 Å². The maximum Gasteiger partial charge on any atom is 0.131 e. The van der Waals surface area contributed by atoms with Crippen LogP contribution in [-0.4, -0.2) is 59.9 Å². The molecule has 0 spiro atoms. The summed E-state index contributed by atoms with van der Waals surface area (Å²) in [5.74, 6) is 2.49. The molecule has 0 saturated heterocycles. The van der Waals surface area contributed by atoms with Crippen molar-refractivity contribution >= 4 is 86.6 Å². The van der Waals surface area contributed by atoms with Gasteiger partial charge in [0, 0.05) is 59.4 Å².